The lowest BCUT2D eigenvalue weighted by Crippen LogP contribution is -2.29. The standard InChI is InChI=1S/C57H40S/c1-4-18-40(19-5-1)56(41-20-6-2-7-21-41)51-29-15-12-26-47(51)55-39(17-16-30-52(55)56)35-38-31-34-53-48(36-38)46-33-32-43(37-54(46)58-53)57(42-22-8-3-9-23-42)49-27-13-10-24-44(49)45-25-11-14-28-50(45)57/h1-16,18-34,36-37,39H,17,35H2. The zero-order valence-corrected chi connectivity index (χ0v) is 32.9. The van der Waals surface area contributed by atoms with Crippen molar-refractivity contribution in [1.82, 2.24) is 0 Å². The smallest absolute Gasteiger partial charge is 0.0714 e. The predicted molar refractivity (Wildman–Crippen MR) is 244 cm³/mol. The molecular formula is C57H40S. The Morgan fingerprint density at radius 3 is 1.59 bits per heavy atom. The minimum Gasteiger partial charge on any atom is -0.135 e. The molecule has 12 rings (SSSR count). The van der Waals surface area contributed by atoms with Gasteiger partial charge in [-0.3, -0.25) is 0 Å². The van der Waals surface area contributed by atoms with Crippen molar-refractivity contribution in [3.63, 3.8) is 0 Å². The molecule has 1 heterocycles. The Kier molecular flexibility index (Phi) is 7.53. The largest absolute Gasteiger partial charge is 0.135 e. The van der Waals surface area contributed by atoms with Crippen LogP contribution in [0.25, 0.3) is 36.9 Å². The van der Waals surface area contributed by atoms with Crippen LogP contribution in [0, 0.1) is 5.92 Å². The van der Waals surface area contributed by atoms with E-state index in [0.717, 1.165) is 12.8 Å². The fourth-order valence-electron chi connectivity index (χ4n) is 11.2. The molecule has 0 N–H and O–H groups in total. The van der Waals surface area contributed by atoms with Gasteiger partial charge in [-0.15, -0.1) is 11.3 Å². The van der Waals surface area contributed by atoms with E-state index in [1.165, 1.54) is 92.5 Å². The van der Waals surface area contributed by atoms with E-state index in [1.807, 2.05) is 11.3 Å². The number of thiophene rings is 1. The molecule has 0 bridgehead atoms. The van der Waals surface area contributed by atoms with Crippen molar-refractivity contribution >= 4 is 37.1 Å². The summed E-state index contributed by atoms with van der Waals surface area (Å²) < 4.78 is 2.69. The van der Waals surface area contributed by atoms with Gasteiger partial charge >= 0.3 is 0 Å². The van der Waals surface area contributed by atoms with E-state index in [4.69, 9.17) is 0 Å². The molecule has 8 aromatic carbocycles. The van der Waals surface area contributed by atoms with Gasteiger partial charge in [-0.25, -0.2) is 0 Å². The van der Waals surface area contributed by atoms with E-state index in [1.54, 1.807) is 0 Å². The van der Waals surface area contributed by atoms with Gasteiger partial charge in [0.05, 0.1) is 10.8 Å². The molecule has 1 atom stereocenters. The lowest BCUT2D eigenvalue weighted by atomic mass is 9.66. The molecule has 0 aliphatic heterocycles. The highest BCUT2D eigenvalue weighted by molar-refractivity contribution is 7.25. The second-order valence-corrected chi connectivity index (χ2v) is 17.3. The molecule has 9 aromatic rings. The van der Waals surface area contributed by atoms with Gasteiger partial charge < -0.3 is 0 Å². The molecule has 0 fully saturated rings. The molecule has 0 amide bonds. The van der Waals surface area contributed by atoms with E-state index in [0.29, 0.717) is 5.92 Å². The normalized spacial score (nSPS) is 16.9. The van der Waals surface area contributed by atoms with E-state index in [2.05, 4.69) is 212 Å². The second kappa shape index (κ2) is 13.0. The third-order valence-electron chi connectivity index (χ3n) is 13.5. The van der Waals surface area contributed by atoms with Crippen LogP contribution >= 0.6 is 11.3 Å². The molecule has 3 aliphatic rings. The first-order chi connectivity index (χ1) is 28.8. The van der Waals surface area contributed by atoms with Gasteiger partial charge in [-0.2, -0.15) is 0 Å². The summed E-state index contributed by atoms with van der Waals surface area (Å²) in [7, 11) is 0. The Morgan fingerprint density at radius 2 is 0.966 bits per heavy atom. The quantitative estimate of drug-likeness (QED) is 0.158. The van der Waals surface area contributed by atoms with Crippen LogP contribution in [0.4, 0.5) is 0 Å². The summed E-state index contributed by atoms with van der Waals surface area (Å²) in [5.74, 6) is 0.373. The van der Waals surface area contributed by atoms with E-state index in [-0.39, 0.29) is 5.41 Å². The first kappa shape index (κ1) is 33.6. The highest BCUT2D eigenvalue weighted by atomic mass is 32.1. The fraction of sp³-hybridized carbons (Fsp3) is 0.0877. The van der Waals surface area contributed by atoms with Crippen molar-refractivity contribution in [2.24, 2.45) is 5.92 Å². The number of allylic oxidation sites excluding steroid dienone is 4. The lowest BCUT2D eigenvalue weighted by Gasteiger charge is -2.36. The van der Waals surface area contributed by atoms with Crippen LogP contribution < -0.4 is 0 Å². The molecule has 1 unspecified atom stereocenters. The van der Waals surface area contributed by atoms with Crippen LogP contribution in [0.3, 0.4) is 0 Å². The maximum atomic E-state index is 2.50. The molecule has 1 aromatic heterocycles. The maximum absolute atomic E-state index is 2.50. The fourth-order valence-corrected chi connectivity index (χ4v) is 12.3. The lowest BCUT2D eigenvalue weighted by molar-refractivity contribution is 0.661. The van der Waals surface area contributed by atoms with Gasteiger partial charge in [-0.1, -0.05) is 194 Å². The van der Waals surface area contributed by atoms with Crippen molar-refractivity contribution in [2.45, 2.75) is 23.7 Å². The van der Waals surface area contributed by atoms with Crippen molar-refractivity contribution in [1.29, 1.82) is 0 Å². The number of rotatable bonds is 6. The van der Waals surface area contributed by atoms with E-state index >= 15 is 0 Å². The molecular weight excluding hydrogens is 717 g/mol. The second-order valence-electron chi connectivity index (χ2n) is 16.2. The molecule has 1 heteroatoms. The third kappa shape index (κ3) is 4.63. The van der Waals surface area contributed by atoms with Crippen LogP contribution in [0.15, 0.2) is 218 Å². The summed E-state index contributed by atoms with van der Waals surface area (Å²) in [5, 5.41) is 2.70. The number of hydrogen-bond acceptors (Lipinski definition) is 1. The first-order valence-electron chi connectivity index (χ1n) is 20.6. The SMILES string of the molecule is C1=CC2=C(c3ccccc3C2(c2ccccc2)c2ccccc2)C(Cc2ccc3sc4cc(C5(c6ccccc6)c6ccccc6-c6ccccc65)ccc4c3c2)C1. The van der Waals surface area contributed by atoms with Gasteiger partial charge in [-0.05, 0) is 109 Å². The van der Waals surface area contributed by atoms with Gasteiger partial charge in [0.15, 0.2) is 0 Å². The highest BCUT2D eigenvalue weighted by Gasteiger charge is 2.49. The Bertz CT molecular complexity index is 3020. The average Bonchev–Trinajstić information content (AvgIpc) is 3.92. The average molecular weight is 757 g/mol. The Balaban J connectivity index is 0.981. The molecule has 274 valence electrons. The van der Waals surface area contributed by atoms with Crippen molar-refractivity contribution in [3.05, 3.63) is 268 Å². The summed E-state index contributed by atoms with van der Waals surface area (Å²) in [5.41, 5.74) is 17.0. The number of benzene rings is 8. The maximum Gasteiger partial charge on any atom is 0.0714 e. The van der Waals surface area contributed by atoms with Gasteiger partial charge in [0.1, 0.15) is 0 Å². The summed E-state index contributed by atoms with van der Waals surface area (Å²) >= 11 is 1.93. The van der Waals surface area contributed by atoms with Crippen LogP contribution in [-0.4, -0.2) is 0 Å². The van der Waals surface area contributed by atoms with Crippen LogP contribution in [0.2, 0.25) is 0 Å². The molecule has 0 saturated heterocycles. The minimum atomic E-state index is -0.393. The molecule has 0 nitrogen and oxygen atoms in total. The molecule has 0 radical (unpaired) electrons. The topological polar surface area (TPSA) is 0 Å². The monoisotopic (exact) mass is 756 g/mol. The molecule has 3 aliphatic carbocycles. The third-order valence-corrected chi connectivity index (χ3v) is 14.6. The van der Waals surface area contributed by atoms with Gasteiger partial charge in [0.2, 0.25) is 0 Å². The van der Waals surface area contributed by atoms with Gasteiger partial charge in [0, 0.05) is 20.2 Å². The van der Waals surface area contributed by atoms with Crippen LogP contribution in [0.1, 0.15) is 56.5 Å². The summed E-state index contributed by atoms with van der Waals surface area (Å²) in [6.45, 7) is 0. The molecule has 0 spiro atoms. The zero-order chi connectivity index (χ0) is 38.3. The predicted octanol–water partition coefficient (Wildman–Crippen LogP) is 14.3. The molecule has 58 heavy (non-hydrogen) atoms. The van der Waals surface area contributed by atoms with Gasteiger partial charge in [0.25, 0.3) is 0 Å². The van der Waals surface area contributed by atoms with Crippen LogP contribution in [-0.2, 0) is 17.3 Å². The highest BCUT2D eigenvalue weighted by Crippen LogP contribution is 2.59. The first-order valence-corrected chi connectivity index (χ1v) is 21.4. The summed E-state index contributed by atoms with van der Waals surface area (Å²) in [6.07, 6.45) is 6.91. The Morgan fingerprint density at radius 1 is 0.431 bits per heavy atom. The van der Waals surface area contributed by atoms with Crippen molar-refractivity contribution in [3.8, 4) is 11.1 Å². The van der Waals surface area contributed by atoms with E-state index in [9.17, 15) is 0 Å². The van der Waals surface area contributed by atoms with Crippen LogP contribution in [0.5, 0.6) is 0 Å². The summed E-state index contributed by atoms with van der Waals surface area (Å²) in [4.78, 5) is 0. The zero-order valence-electron chi connectivity index (χ0n) is 32.1. The van der Waals surface area contributed by atoms with Crippen molar-refractivity contribution in [2.75, 3.05) is 0 Å². The van der Waals surface area contributed by atoms with E-state index < -0.39 is 5.41 Å². The molecule has 0 saturated carbocycles. The Hall–Kier alpha value is -6.54. The Labute approximate surface area is 344 Å². The van der Waals surface area contributed by atoms with Crippen molar-refractivity contribution < 1.29 is 0 Å². The minimum absolute atomic E-state index is 0.355. The summed E-state index contributed by atoms with van der Waals surface area (Å²) in [6, 6.07) is 75.4. The number of hydrogen-bond donors (Lipinski definition) is 0. The number of fused-ring (bicyclic) bond motifs is 8.